The summed E-state index contributed by atoms with van der Waals surface area (Å²) in [6, 6.07) is 7.73. The van der Waals surface area contributed by atoms with E-state index < -0.39 is 12.1 Å². The Balaban J connectivity index is 2.01. The van der Waals surface area contributed by atoms with Gasteiger partial charge in [0.05, 0.1) is 5.02 Å². The van der Waals surface area contributed by atoms with E-state index in [1.54, 1.807) is 12.2 Å². The molecule has 1 aromatic heterocycles. The summed E-state index contributed by atoms with van der Waals surface area (Å²) in [6.45, 7) is 5.33. The van der Waals surface area contributed by atoms with Crippen molar-refractivity contribution in [2.45, 2.75) is 13.0 Å². The van der Waals surface area contributed by atoms with Gasteiger partial charge in [0.25, 0.3) is 5.91 Å². The summed E-state index contributed by atoms with van der Waals surface area (Å²) in [6.07, 6.45) is 3.55. The van der Waals surface area contributed by atoms with Crippen molar-refractivity contribution in [1.29, 1.82) is 0 Å². The van der Waals surface area contributed by atoms with E-state index in [2.05, 4.69) is 11.9 Å². The van der Waals surface area contributed by atoms with Crippen molar-refractivity contribution in [1.82, 2.24) is 5.32 Å². The van der Waals surface area contributed by atoms with Crippen molar-refractivity contribution >= 4 is 51.0 Å². The average molecular weight is 350 g/mol. The lowest BCUT2D eigenvalue weighted by Crippen LogP contribution is -2.35. The fourth-order valence-corrected chi connectivity index (χ4v) is 3.27. The Morgan fingerprint density at radius 2 is 2.17 bits per heavy atom. The van der Waals surface area contributed by atoms with Gasteiger partial charge in [-0.25, -0.2) is 4.79 Å². The van der Waals surface area contributed by atoms with Gasteiger partial charge >= 0.3 is 5.97 Å². The first-order valence-electron chi connectivity index (χ1n) is 6.97. The van der Waals surface area contributed by atoms with Gasteiger partial charge < -0.3 is 10.1 Å². The lowest BCUT2D eigenvalue weighted by Gasteiger charge is -2.10. The molecule has 4 nitrogen and oxygen atoms in total. The molecule has 120 valence electrons. The molecule has 1 aromatic carbocycles. The molecule has 0 aliphatic carbocycles. The van der Waals surface area contributed by atoms with Gasteiger partial charge in [-0.05, 0) is 19.1 Å². The van der Waals surface area contributed by atoms with Crippen LogP contribution in [-0.4, -0.2) is 24.5 Å². The van der Waals surface area contributed by atoms with Crippen LogP contribution in [0.15, 0.2) is 43.0 Å². The minimum Gasteiger partial charge on any atom is -0.449 e. The quantitative estimate of drug-likeness (QED) is 0.490. The van der Waals surface area contributed by atoms with E-state index in [0.29, 0.717) is 11.6 Å². The number of ether oxygens (including phenoxy) is 1. The second-order valence-corrected chi connectivity index (χ2v) is 6.18. The van der Waals surface area contributed by atoms with Crippen molar-refractivity contribution in [3.05, 3.63) is 52.9 Å². The molecule has 0 fully saturated rings. The van der Waals surface area contributed by atoms with Crippen LogP contribution in [0.25, 0.3) is 16.2 Å². The standard InChI is InChI=1S/C17H16ClNO3S/c1-3-10-19-17(21)11(2)22-15(20)9-8-14-16(18)12-6-4-5-7-13(12)23-14/h3-9,11H,1,10H2,2H3,(H,19,21)/b9-8+/t11-/m1/s1. The van der Waals surface area contributed by atoms with Crippen molar-refractivity contribution in [2.75, 3.05) is 6.54 Å². The molecule has 0 unspecified atom stereocenters. The highest BCUT2D eigenvalue weighted by atomic mass is 35.5. The Morgan fingerprint density at radius 1 is 1.43 bits per heavy atom. The first-order chi connectivity index (χ1) is 11.0. The molecule has 0 radical (unpaired) electrons. The number of carbonyl (C=O) groups excluding carboxylic acids is 2. The van der Waals surface area contributed by atoms with Gasteiger partial charge in [-0.15, -0.1) is 17.9 Å². The highest BCUT2D eigenvalue weighted by Gasteiger charge is 2.15. The Hall–Kier alpha value is -2.11. The Labute approximate surface area is 143 Å². The third-order valence-electron chi connectivity index (χ3n) is 3.01. The fourth-order valence-electron chi connectivity index (χ4n) is 1.87. The molecule has 0 aliphatic rings. The van der Waals surface area contributed by atoms with E-state index in [1.165, 1.54) is 24.3 Å². The topological polar surface area (TPSA) is 55.4 Å². The van der Waals surface area contributed by atoms with Gasteiger partial charge in [-0.2, -0.15) is 0 Å². The summed E-state index contributed by atoms with van der Waals surface area (Å²) >= 11 is 7.77. The number of halogens is 1. The van der Waals surface area contributed by atoms with Crippen LogP contribution in [0.3, 0.4) is 0 Å². The molecule has 1 amide bonds. The molecule has 0 saturated heterocycles. The van der Waals surface area contributed by atoms with Crippen LogP contribution in [0.5, 0.6) is 0 Å². The minimum absolute atomic E-state index is 0.327. The summed E-state index contributed by atoms with van der Waals surface area (Å²) in [4.78, 5) is 24.2. The van der Waals surface area contributed by atoms with Crippen LogP contribution in [0, 0.1) is 0 Å². The molecule has 1 atom stereocenters. The van der Waals surface area contributed by atoms with Gasteiger partial charge in [-0.1, -0.05) is 35.9 Å². The smallest absolute Gasteiger partial charge is 0.331 e. The number of fused-ring (bicyclic) bond motifs is 1. The molecule has 0 bridgehead atoms. The molecule has 6 heteroatoms. The SMILES string of the molecule is C=CCNC(=O)[C@@H](C)OC(=O)/C=C/c1sc2ccccc2c1Cl. The van der Waals surface area contributed by atoms with E-state index >= 15 is 0 Å². The molecule has 1 N–H and O–H groups in total. The van der Waals surface area contributed by atoms with Gasteiger partial charge in [0.1, 0.15) is 0 Å². The zero-order valence-corrected chi connectivity index (χ0v) is 14.1. The number of carbonyl (C=O) groups is 2. The van der Waals surface area contributed by atoms with Gasteiger partial charge in [0.15, 0.2) is 6.10 Å². The summed E-state index contributed by atoms with van der Waals surface area (Å²) in [5.41, 5.74) is 0. The molecule has 0 spiro atoms. The number of thiophene rings is 1. The maximum absolute atomic E-state index is 11.8. The van der Waals surface area contributed by atoms with Gasteiger partial charge in [0, 0.05) is 27.6 Å². The number of hydrogen-bond donors (Lipinski definition) is 1. The fraction of sp³-hybridized carbons (Fsp3) is 0.176. The molecule has 2 aromatic rings. The third-order valence-corrected chi connectivity index (χ3v) is 4.67. The van der Waals surface area contributed by atoms with Gasteiger partial charge in [0.2, 0.25) is 0 Å². The Morgan fingerprint density at radius 3 is 2.87 bits per heavy atom. The van der Waals surface area contributed by atoms with E-state index in [4.69, 9.17) is 16.3 Å². The summed E-state index contributed by atoms with van der Waals surface area (Å²) in [5, 5.41) is 4.11. The van der Waals surface area contributed by atoms with Crippen molar-refractivity contribution in [3.63, 3.8) is 0 Å². The second kappa shape index (κ2) is 7.94. The molecular formula is C17H16ClNO3S. The van der Waals surface area contributed by atoms with Gasteiger partial charge in [-0.3, -0.25) is 4.79 Å². The van der Waals surface area contributed by atoms with Crippen molar-refractivity contribution < 1.29 is 14.3 Å². The molecule has 0 saturated carbocycles. The number of esters is 1. The summed E-state index contributed by atoms with van der Waals surface area (Å²) in [7, 11) is 0. The predicted molar refractivity (Wildman–Crippen MR) is 94.6 cm³/mol. The Kier molecular flexibility index (Phi) is 5.96. The number of benzene rings is 1. The molecule has 2 rings (SSSR count). The first kappa shape index (κ1) is 17.2. The number of nitrogens with one attached hydrogen (secondary N) is 1. The first-order valence-corrected chi connectivity index (χ1v) is 8.16. The minimum atomic E-state index is -0.870. The monoisotopic (exact) mass is 349 g/mol. The molecule has 0 aliphatic heterocycles. The van der Waals surface area contributed by atoms with Crippen LogP contribution < -0.4 is 5.32 Å². The van der Waals surface area contributed by atoms with E-state index in [1.807, 2.05) is 24.3 Å². The van der Waals surface area contributed by atoms with Crippen LogP contribution >= 0.6 is 22.9 Å². The van der Waals surface area contributed by atoms with Crippen LogP contribution in [0.1, 0.15) is 11.8 Å². The lowest BCUT2D eigenvalue weighted by molar-refractivity contribution is -0.150. The average Bonchev–Trinajstić information content (AvgIpc) is 2.87. The number of hydrogen-bond acceptors (Lipinski definition) is 4. The maximum Gasteiger partial charge on any atom is 0.331 e. The molecule has 1 heterocycles. The highest BCUT2D eigenvalue weighted by Crippen LogP contribution is 2.35. The van der Waals surface area contributed by atoms with E-state index in [0.717, 1.165) is 15.0 Å². The summed E-state index contributed by atoms with van der Waals surface area (Å²) in [5.74, 6) is -0.966. The van der Waals surface area contributed by atoms with Crippen LogP contribution in [-0.2, 0) is 14.3 Å². The Bertz CT molecular complexity index is 766. The maximum atomic E-state index is 11.8. The van der Waals surface area contributed by atoms with Crippen molar-refractivity contribution in [2.24, 2.45) is 0 Å². The number of amides is 1. The normalized spacial score (nSPS) is 12.3. The van der Waals surface area contributed by atoms with Crippen molar-refractivity contribution in [3.8, 4) is 0 Å². The van der Waals surface area contributed by atoms with E-state index in [9.17, 15) is 9.59 Å². The summed E-state index contributed by atoms with van der Waals surface area (Å²) < 4.78 is 6.08. The second-order valence-electron chi connectivity index (χ2n) is 4.72. The highest BCUT2D eigenvalue weighted by molar-refractivity contribution is 7.20. The lowest BCUT2D eigenvalue weighted by atomic mass is 10.2. The predicted octanol–water partition coefficient (Wildman–Crippen LogP) is 3.80. The van der Waals surface area contributed by atoms with Crippen LogP contribution in [0.4, 0.5) is 0 Å². The zero-order chi connectivity index (χ0) is 16.8. The van der Waals surface area contributed by atoms with E-state index in [-0.39, 0.29) is 5.91 Å². The third kappa shape index (κ3) is 4.43. The zero-order valence-electron chi connectivity index (χ0n) is 12.5. The number of rotatable bonds is 6. The van der Waals surface area contributed by atoms with Crippen LogP contribution in [0.2, 0.25) is 5.02 Å². The largest absolute Gasteiger partial charge is 0.449 e. The molecule has 23 heavy (non-hydrogen) atoms. The molecular weight excluding hydrogens is 334 g/mol.